The minimum absolute atomic E-state index is 0.0462. The first kappa shape index (κ1) is 24.3. The number of hydrogen-bond acceptors (Lipinski definition) is 4. The number of halogens is 1. The van der Waals surface area contributed by atoms with Gasteiger partial charge in [-0.2, -0.15) is 0 Å². The maximum absolute atomic E-state index is 13.1. The predicted molar refractivity (Wildman–Crippen MR) is 122 cm³/mol. The third-order valence-electron chi connectivity index (χ3n) is 6.21. The van der Waals surface area contributed by atoms with Crippen molar-refractivity contribution >= 4 is 15.9 Å². The minimum atomic E-state index is -3.66. The summed E-state index contributed by atoms with van der Waals surface area (Å²) in [5.41, 5.74) is 2.72. The van der Waals surface area contributed by atoms with Crippen molar-refractivity contribution in [3.05, 3.63) is 59.2 Å². The number of sulfonamides is 1. The lowest BCUT2D eigenvalue weighted by molar-refractivity contribution is -0.126. The van der Waals surface area contributed by atoms with Gasteiger partial charge in [0.15, 0.2) is 0 Å². The SMILES string of the molecule is CCc1cc(S(=O)(=O)N[C@H]2CC[C@H](C(=O)N[C@H](C)c3ccc(F)cc3)CC2)cnc1CC. The topological polar surface area (TPSA) is 88.2 Å². The van der Waals surface area contributed by atoms with Crippen LogP contribution in [0.15, 0.2) is 41.4 Å². The lowest BCUT2D eigenvalue weighted by atomic mass is 9.85. The van der Waals surface area contributed by atoms with Crippen molar-refractivity contribution < 1.29 is 17.6 Å². The molecule has 1 amide bonds. The van der Waals surface area contributed by atoms with Crippen molar-refractivity contribution in [2.45, 2.75) is 76.3 Å². The van der Waals surface area contributed by atoms with Crippen molar-refractivity contribution in [2.75, 3.05) is 0 Å². The van der Waals surface area contributed by atoms with Crippen molar-refractivity contribution in [1.82, 2.24) is 15.0 Å². The van der Waals surface area contributed by atoms with Gasteiger partial charge in [0.1, 0.15) is 10.7 Å². The third-order valence-corrected chi connectivity index (χ3v) is 7.70. The van der Waals surface area contributed by atoms with Crippen LogP contribution < -0.4 is 10.0 Å². The largest absolute Gasteiger partial charge is 0.349 e. The van der Waals surface area contributed by atoms with Crippen molar-refractivity contribution in [2.24, 2.45) is 5.92 Å². The molecule has 1 aliphatic rings. The van der Waals surface area contributed by atoms with E-state index in [1.807, 2.05) is 20.8 Å². The first-order valence-corrected chi connectivity index (χ1v) is 12.8. The van der Waals surface area contributed by atoms with Crippen LogP contribution in [0.4, 0.5) is 4.39 Å². The molecule has 1 aliphatic carbocycles. The summed E-state index contributed by atoms with van der Waals surface area (Å²) in [5, 5.41) is 2.99. The molecule has 1 aromatic carbocycles. The summed E-state index contributed by atoms with van der Waals surface area (Å²) in [6.07, 6.45) is 5.35. The lowest BCUT2D eigenvalue weighted by Gasteiger charge is -2.29. The van der Waals surface area contributed by atoms with Gasteiger partial charge < -0.3 is 5.32 Å². The molecule has 174 valence electrons. The van der Waals surface area contributed by atoms with E-state index in [-0.39, 0.29) is 34.6 Å². The van der Waals surface area contributed by atoms with Gasteiger partial charge in [-0.15, -0.1) is 0 Å². The van der Waals surface area contributed by atoms with Crippen LogP contribution in [0.2, 0.25) is 0 Å². The fourth-order valence-corrected chi connectivity index (χ4v) is 5.51. The quantitative estimate of drug-likeness (QED) is 0.621. The summed E-state index contributed by atoms with van der Waals surface area (Å²) in [6, 6.07) is 7.38. The number of nitrogens with one attached hydrogen (secondary N) is 2. The highest BCUT2D eigenvalue weighted by atomic mass is 32.2. The second-order valence-electron chi connectivity index (χ2n) is 8.44. The monoisotopic (exact) mass is 461 g/mol. The molecule has 0 spiro atoms. The molecule has 6 nitrogen and oxygen atoms in total. The molecular weight excluding hydrogens is 429 g/mol. The van der Waals surface area contributed by atoms with E-state index in [0.29, 0.717) is 25.7 Å². The van der Waals surface area contributed by atoms with E-state index >= 15 is 0 Å². The molecule has 1 heterocycles. The number of amides is 1. The Bertz CT molecular complexity index is 1030. The van der Waals surface area contributed by atoms with Crippen LogP contribution in [0.5, 0.6) is 0 Å². The number of carbonyl (C=O) groups is 1. The molecule has 2 N–H and O–H groups in total. The predicted octanol–water partition coefficient (Wildman–Crippen LogP) is 4.06. The summed E-state index contributed by atoms with van der Waals surface area (Å²) < 4.78 is 41.6. The number of benzene rings is 1. The lowest BCUT2D eigenvalue weighted by Crippen LogP contribution is -2.41. The molecule has 1 fully saturated rings. The number of nitrogens with zero attached hydrogens (tertiary/aromatic N) is 1. The maximum atomic E-state index is 13.1. The van der Waals surface area contributed by atoms with Crippen LogP contribution in [-0.4, -0.2) is 25.4 Å². The van der Waals surface area contributed by atoms with E-state index in [1.165, 1.54) is 18.3 Å². The Morgan fingerprint density at radius 1 is 1.12 bits per heavy atom. The molecule has 8 heteroatoms. The Labute approximate surface area is 190 Å². The third kappa shape index (κ3) is 5.92. The molecule has 1 atom stereocenters. The zero-order chi connectivity index (χ0) is 23.3. The molecule has 1 saturated carbocycles. The Hall–Kier alpha value is -2.32. The van der Waals surface area contributed by atoms with Gasteiger partial charge in [0, 0.05) is 23.9 Å². The minimum Gasteiger partial charge on any atom is -0.349 e. The van der Waals surface area contributed by atoms with Gasteiger partial charge in [0.2, 0.25) is 15.9 Å². The smallest absolute Gasteiger partial charge is 0.242 e. The van der Waals surface area contributed by atoms with Crippen LogP contribution in [0.25, 0.3) is 0 Å². The zero-order valence-electron chi connectivity index (χ0n) is 18.9. The highest BCUT2D eigenvalue weighted by molar-refractivity contribution is 7.89. The summed E-state index contributed by atoms with van der Waals surface area (Å²) >= 11 is 0. The Kier molecular flexibility index (Phi) is 8.00. The van der Waals surface area contributed by atoms with E-state index in [2.05, 4.69) is 15.0 Å². The Balaban J connectivity index is 1.55. The van der Waals surface area contributed by atoms with Gasteiger partial charge in [-0.25, -0.2) is 17.5 Å². The summed E-state index contributed by atoms with van der Waals surface area (Å²) in [7, 11) is -3.66. The molecule has 0 saturated heterocycles. The van der Waals surface area contributed by atoms with Crippen LogP contribution in [0, 0.1) is 11.7 Å². The van der Waals surface area contributed by atoms with Gasteiger partial charge >= 0.3 is 0 Å². The molecule has 0 bridgehead atoms. The number of carbonyl (C=O) groups excluding carboxylic acids is 1. The van der Waals surface area contributed by atoms with E-state index < -0.39 is 10.0 Å². The van der Waals surface area contributed by atoms with E-state index in [9.17, 15) is 17.6 Å². The fraction of sp³-hybridized carbons (Fsp3) is 0.500. The summed E-state index contributed by atoms with van der Waals surface area (Å²) in [5.74, 6) is -0.512. The van der Waals surface area contributed by atoms with Crippen LogP contribution >= 0.6 is 0 Å². The molecule has 1 aromatic heterocycles. The first-order valence-electron chi connectivity index (χ1n) is 11.3. The summed E-state index contributed by atoms with van der Waals surface area (Å²) in [4.78, 5) is 17.2. The first-order chi connectivity index (χ1) is 15.2. The van der Waals surface area contributed by atoms with Gasteiger partial charge in [-0.3, -0.25) is 9.78 Å². The van der Waals surface area contributed by atoms with Crippen molar-refractivity contribution in [3.8, 4) is 0 Å². The number of aromatic nitrogens is 1. The molecule has 0 aliphatic heterocycles. The highest BCUT2D eigenvalue weighted by Gasteiger charge is 2.30. The van der Waals surface area contributed by atoms with E-state index in [4.69, 9.17) is 0 Å². The van der Waals surface area contributed by atoms with Crippen molar-refractivity contribution in [3.63, 3.8) is 0 Å². The zero-order valence-corrected chi connectivity index (χ0v) is 19.7. The summed E-state index contributed by atoms with van der Waals surface area (Å²) in [6.45, 7) is 5.86. The average molecular weight is 462 g/mol. The number of hydrogen-bond donors (Lipinski definition) is 2. The molecule has 3 rings (SSSR count). The maximum Gasteiger partial charge on any atom is 0.242 e. The van der Waals surface area contributed by atoms with Gasteiger partial charge in [0.25, 0.3) is 0 Å². The van der Waals surface area contributed by atoms with Crippen LogP contribution in [-0.2, 0) is 27.7 Å². The van der Waals surface area contributed by atoms with Crippen molar-refractivity contribution in [1.29, 1.82) is 0 Å². The molecule has 32 heavy (non-hydrogen) atoms. The number of pyridine rings is 1. The Morgan fingerprint density at radius 2 is 1.78 bits per heavy atom. The average Bonchev–Trinajstić information content (AvgIpc) is 2.79. The standard InChI is InChI=1S/C24H32FN3O3S/c1-4-17-14-22(15-26-23(17)5-2)32(30,31)28-21-12-8-19(9-13-21)24(29)27-16(3)18-6-10-20(25)11-7-18/h6-7,10-11,14-16,19,21,28H,4-5,8-9,12-13H2,1-3H3,(H,27,29)/t16-,19-,21-/m1/s1. The molecular formula is C24H32FN3O3S. The van der Waals surface area contributed by atoms with Gasteiger partial charge in [0.05, 0.1) is 6.04 Å². The highest BCUT2D eigenvalue weighted by Crippen LogP contribution is 2.27. The Morgan fingerprint density at radius 3 is 2.38 bits per heavy atom. The number of rotatable bonds is 8. The molecule has 0 unspecified atom stereocenters. The van der Waals surface area contributed by atoms with E-state index in [0.717, 1.165) is 29.7 Å². The number of aryl methyl sites for hydroxylation is 2. The molecule has 0 radical (unpaired) electrons. The second kappa shape index (κ2) is 10.5. The second-order valence-corrected chi connectivity index (χ2v) is 10.1. The van der Waals surface area contributed by atoms with Crippen LogP contribution in [0.1, 0.15) is 69.3 Å². The van der Waals surface area contributed by atoms with Gasteiger partial charge in [-0.1, -0.05) is 26.0 Å². The van der Waals surface area contributed by atoms with E-state index in [1.54, 1.807) is 18.2 Å². The normalized spacial score (nSPS) is 20.0. The van der Waals surface area contributed by atoms with Crippen LogP contribution in [0.3, 0.4) is 0 Å². The molecule has 2 aromatic rings. The fourth-order valence-electron chi connectivity index (χ4n) is 4.22. The van der Waals surface area contributed by atoms with Gasteiger partial charge in [-0.05, 0) is 74.8 Å².